The summed E-state index contributed by atoms with van der Waals surface area (Å²) in [4.78, 5) is 38.5. The van der Waals surface area contributed by atoms with Crippen LogP contribution >= 0.6 is 11.3 Å². The molecule has 0 radical (unpaired) electrons. The summed E-state index contributed by atoms with van der Waals surface area (Å²) >= 11 is 1.48. The highest BCUT2D eigenvalue weighted by Crippen LogP contribution is 2.32. The number of esters is 1. The number of carbonyl (C=O) groups excluding carboxylic acids is 3. The SMILES string of the molecule is CC1CCc2sc(C(=O)NNC(=O)C3Cc4ccccc4C(=O)O3)cc2C1. The standard InChI is InChI=1S/C20H20N2O4S/c1-11-6-7-16-13(8-11)10-17(27-16)19(24)22-21-18(23)15-9-12-4-2-3-5-14(12)20(25)26-15/h2-5,10-11,15H,6-9H2,1H3,(H,21,23)(H,22,24). The Hall–Kier alpha value is -2.67. The second-order valence-electron chi connectivity index (χ2n) is 7.11. The van der Waals surface area contributed by atoms with Crippen molar-refractivity contribution in [1.82, 2.24) is 10.9 Å². The van der Waals surface area contributed by atoms with Crippen LogP contribution in [-0.2, 0) is 28.8 Å². The lowest BCUT2D eigenvalue weighted by atomic mass is 9.90. The van der Waals surface area contributed by atoms with Crippen molar-refractivity contribution >= 4 is 29.1 Å². The molecule has 2 unspecified atom stereocenters. The summed E-state index contributed by atoms with van der Waals surface area (Å²) < 4.78 is 5.19. The van der Waals surface area contributed by atoms with Gasteiger partial charge in [0.25, 0.3) is 11.8 Å². The molecule has 2 heterocycles. The molecule has 0 saturated carbocycles. The van der Waals surface area contributed by atoms with Gasteiger partial charge in [0.1, 0.15) is 0 Å². The van der Waals surface area contributed by atoms with Crippen LogP contribution in [-0.4, -0.2) is 23.9 Å². The number of amides is 2. The van der Waals surface area contributed by atoms with Crippen LogP contribution in [0.2, 0.25) is 0 Å². The average Bonchev–Trinajstić information content (AvgIpc) is 3.09. The van der Waals surface area contributed by atoms with Gasteiger partial charge in [-0.25, -0.2) is 4.79 Å². The number of hydrogen-bond acceptors (Lipinski definition) is 5. The quantitative estimate of drug-likeness (QED) is 0.615. The van der Waals surface area contributed by atoms with E-state index in [-0.39, 0.29) is 12.3 Å². The summed E-state index contributed by atoms with van der Waals surface area (Å²) in [6.07, 6.45) is 2.46. The van der Waals surface area contributed by atoms with E-state index in [1.165, 1.54) is 21.8 Å². The number of nitrogens with one attached hydrogen (secondary N) is 2. The fraction of sp³-hybridized carbons (Fsp3) is 0.350. The topological polar surface area (TPSA) is 84.5 Å². The Bertz CT molecular complexity index is 920. The molecule has 140 valence electrons. The largest absolute Gasteiger partial charge is 0.448 e. The van der Waals surface area contributed by atoms with E-state index in [0.717, 1.165) is 24.8 Å². The minimum Gasteiger partial charge on any atom is -0.448 e. The first kappa shape index (κ1) is 17.7. The minimum absolute atomic E-state index is 0.287. The number of cyclic esters (lactones) is 1. The van der Waals surface area contributed by atoms with E-state index in [2.05, 4.69) is 17.8 Å². The zero-order chi connectivity index (χ0) is 19.0. The van der Waals surface area contributed by atoms with E-state index in [4.69, 9.17) is 4.74 Å². The monoisotopic (exact) mass is 384 g/mol. The predicted octanol–water partition coefficient (Wildman–Crippen LogP) is 2.42. The fourth-order valence-electron chi connectivity index (χ4n) is 3.56. The van der Waals surface area contributed by atoms with E-state index < -0.39 is 18.0 Å². The van der Waals surface area contributed by atoms with Gasteiger partial charge in [-0.1, -0.05) is 25.1 Å². The molecule has 0 saturated heterocycles. The predicted molar refractivity (Wildman–Crippen MR) is 100 cm³/mol. The lowest BCUT2D eigenvalue weighted by molar-refractivity contribution is -0.131. The molecule has 0 bridgehead atoms. The van der Waals surface area contributed by atoms with Gasteiger partial charge in [-0.3, -0.25) is 20.4 Å². The van der Waals surface area contributed by atoms with Gasteiger partial charge in [-0.15, -0.1) is 11.3 Å². The summed E-state index contributed by atoms with van der Waals surface area (Å²) in [7, 11) is 0. The Labute approximate surface area is 160 Å². The third-order valence-electron chi connectivity index (χ3n) is 5.04. The smallest absolute Gasteiger partial charge is 0.339 e. The second-order valence-corrected chi connectivity index (χ2v) is 8.24. The summed E-state index contributed by atoms with van der Waals surface area (Å²) in [6.45, 7) is 2.21. The number of aryl methyl sites for hydroxylation is 1. The van der Waals surface area contributed by atoms with Gasteiger partial charge in [-0.05, 0) is 48.4 Å². The van der Waals surface area contributed by atoms with Gasteiger partial charge in [0.15, 0.2) is 6.10 Å². The van der Waals surface area contributed by atoms with Crippen LogP contribution in [0.4, 0.5) is 0 Å². The Morgan fingerprint density at radius 3 is 2.81 bits per heavy atom. The van der Waals surface area contributed by atoms with Crippen molar-refractivity contribution in [3.05, 3.63) is 56.8 Å². The Kier molecular flexibility index (Phi) is 4.70. The molecule has 0 spiro atoms. The first-order valence-corrected chi connectivity index (χ1v) is 9.83. The van der Waals surface area contributed by atoms with Gasteiger partial charge in [0.05, 0.1) is 10.4 Å². The van der Waals surface area contributed by atoms with Gasteiger partial charge in [-0.2, -0.15) is 0 Å². The van der Waals surface area contributed by atoms with E-state index in [1.807, 2.05) is 12.1 Å². The van der Waals surface area contributed by atoms with Gasteiger partial charge < -0.3 is 4.74 Å². The first-order valence-electron chi connectivity index (χ1n) is 9.02. The molecule has 0 fully saturated rings. The number of fused-ring (bicyclic) bond motifs is 2. The first-order chi connectivity index (χ1) is 13.0. The summed E-state index contributed by atoms with van der Waals surface area (Å²) in [5, 5.41) is 0. The summed E-state index contributed by atoms with van der Waals surface area (Å²) in [6, 6.07) is 8.95. The van der Waals surface area contributed by atoms with Crippen LogP contribution in [0.25, 0.3) is 0 Å². The minimum atomic E-state index is -0.954. The van der Waals surface area contributed by atoms with Crippen LogP contribution in [0.15, 0.2) is 30.3 Å². The van der Waals surface area contributed by atoms with E-state index in [1.54, 1.807) is 18.2 Å². The summed E-state index contributed by atoms with van der Waals surface area (Å²) in [5.74, 6) is -0.783. The highest BCUT2D eigenvalue weighted by atomic mass is 32.1. The molecule has 4 rings (SSSR count). The number of ether oxygens (including phenoxy) is 1. The highest BCUT2D eigenvalue weighted by Gasteiger charge is 2.31. The molecule has 1 aliphatic carbocycles. The third kappa shape index (κ3) is 3.60. The zero-order valence-corrected chi connectivity index (χ0v) is 15.7. The highest BCUT2D eigenvalue weighted by molar-refractivity contribution is 7.14. The van der Waals surface area contributed by atoms with Crippen molar-refractivity contribution in [2.75, 3.05) is 0 Å². The third-order valence-corrected chi connectivity index (χ3v) is 6.27. The Balaban J connectivity index is 1.37. The van der Waals surface area contributed by atoms with Crippen molar-refractivity contribution < 1.29 is 19.1 Å². The lowest BCUT2D eigenvalue weighted by Crippen LogP contribution is -2.49. The maximum absolute atomic E-state index is 12.4. The molecular formula is C20H20N2O4S. The number of benzene rings is 1. The average molecular weight is 384 g/mol. The van der Waals surface area contributed by atoms with Crippen LogP contribution in [0.5, 0.6) is 0 Å². The van der Waals surface area contributed by atoms with E-state index >= 15 is 0 Å². The number of hydrazine groups is 1. The molecule has 1 aromatic heterocycles. The van der Waals surface area contributed by atoms with Crippen molar-refractivity contribution in [3.63, 3.8) is 0 Å². The molecule has 7 heteroatoms. The molecule has 2 atom stereocenters. The number of carbonyl (C=O) groups is 3. The maximum atomic E-state index is 12.4. The number of hydrogen-bond donors (Lipinski definition) is 2. The molecular weight excluding hydrogens is 364 g/mol. The maximum Gasteiger partial charge on any atom is 0.339 e. The van der Waals surface area contributed by atoms with Crippen molar-refractivity contribution in [2.24, 2.45) is 5.92 Å². The van der Waals surface area contributed by atoms with Crippen molar-refractivity contribution in [2.45, 2.75) is 38.7 Å². The number of thiophene rings is 1. The van der Waals surface area contributed by atoms with Crippen molar-refractivity contribution in [3.8, 4) is 0 Å². The molecule has 1 aliphatic heterocycles. The molecule has 2 aliphatic rings. The van der Waals surface area contributed by atoms with Crippen LogP contribution in [0.1, 0.15) is 49.4 Å². The van der Waals surface area contributed by atoms with Crippen LogP contribution < -0.4 is 10.9 Å². The Morgan fingerprint density at radius 1 is 1.15 bits per heavy atom. The molecule has 1 aromatic carbocycles. The number of rotatable bonds is 2. The van der Waals surface area contributed by atoms with Gasteiger partial charge in [0, 0.05) is 11.3 Å². The fourth-order valence-corrected chi connectivity index (χ4v) is 4.66. The van der Waals surface area contributed by atoms with Crippen LogP contribution in [0.3, 0.4) is 0 Å². The molecule has 2 N–H and O–H groups in total. The van der Waals surface area contributed by atoms with Gasteiger partial charge >= 0.3 is 5.97 Å². The molecule has 2 amide bonds. The van der Waals surface area contributed by atoms with Crippen LogP contribution in [0, 0.1) is 5.92 Å². The second kappa shape index (κ2) is 7.15. The zero-order valence-electron chi connectivity index (χ0n) is 14.9. The van der Waals surface area contributed by atoms with Gasteiger partial charge in [0.2, 0.25) is 0 Å². The van der Waals surface area contributed by atoms with Crippen molar-refractivity contribution in [1.29, 1.82) is 0 Å². The van der Waals surface area contributed by atoms with E-state index in [9.17, 15) is 14.4 Å². The Morgan fingerprint density at radius 2 is 1.96 bits per heavy atom. The summed E-state index contributed by atoms with van der Waals surface area (Å²) in [5.41, 5.74) is 7.29. The van der Waals surface area contributed by atoms with E-state index in [0.29, 0.717) is 16.4 Å². The lowest BCUT2D eigenvalue weighted by Gasteiger charge is -2.23. The molecule has 2 aromatic rings. The normalized spacial score (nSPS) is 20.9. The molecule has 27 heavy (non-hydrogen) atoms. The molecule has 6 nitrogen and oxygen atoms in total.